The molecule has 0 aromatic heterocycles. The van der Waals surface area contributed by atoms with E-state index in [1.165, 1.54) is 0 Å². The van der Waals surface area contributed by atoms with E-state index >= 15 is 0 Å². The lowest BCUT2D eigenvalue weighted by Gasteiger charge is -2.20. The van der Waals surface area contributed by atoms with Gasteiger partial charge >= 0.3 is 0 Å². The minimum Gasteiger partial charge on any atom is -0.497 e. The number of rotatable bonds is 8. The van der Waals surface area contributed by atoms with Crippen molar-refractivity contribution in [3.63, 3.8) is 0 Å². The zero-order valence-electron chi connectivity index (χ0n) is 16.3. The minimum absolute atomic E-state index is 0.138. The van der Waals surface area contributed by atoms with Gasteiger partial charge in [-0.3, -0.25) is 14.5 Å². The van der Waals surface area contributed by atoms with Crippen molar-refractivity contribution in [3.8, 4) is 5.75 Å². The number of amides is 2. The van der Waals surface area contributed by atoms with Crippen molar-refractivity contribution >= 4 is 23.2 Å². The van der Waals surface area contributed by atoms with Gasteiger partial charge in [-0.1, -0.05) is 24.6 Å². The Kier molecular flexibility index (Phi) is 7.37. The molecule has 0 aliphatic carbocycles. The van der Waals surface area contributed by atoms with Crippen LogP contribution in [0.5, 0.6) is 5.75 Å². The zero-order valence-corrected chi connectivity index (χ0v) is 16.3. The molecule has 0 fully saturated rings. The van der Waals surface area contributed by atoms with Crippen LogP contribution in [0.1, 0.15) is 18.1 Å². The summed E-state index contributed by atoms with van der Waals surface area (Å²) in [5.41, 5.74) is 3.65. The van der Waals surface area contributed by atoms with E-state index in [2.05, 4.69) is 10.6 Å². The molecule has 27 heavy (non-hydrogen) atoms. The number of hydrogen-bond acceptors (Lipinski definition) is 4. The summed E-state index contributed by atoms with van der Waals surface area (Å²) in [6.45, 7) is 6.78. The molecule has 6 heteroatoms. The van der Waals surface area contributed by atoms with Crippen molar-refractivity contribution in [1.82, 2.24) is 4.90 Å². The molecule has 2 aromatic carbocycles. The van der Waals surface area contributed by atoms with E-state index in [1.807, 2.05) is 39.0 Å². The third kappa shape index (κ3) is 6.42. The fourth-order valence-corrected chi connectivity index (χ4v) is 2.70. The molecule has 2 aromatic rings. The summed E-state index contributed by atoms with van der Waals surface area (Å²) in [7, 11) is 1.59. The molecule has 0 atom stereocenters. The maximum absolute atomic E-state index is 12.3. The van der Waals surface area contributed by atoms with E-state index in [1.54, 1.807) is 36.3 Å². The number of ether oxygens (including phenoxy) is 1. The summed E-state index contributed by atoms with van der Waals surface area (Å²) in [5.74, 6) is 0.425. The van der Waals surface area contributed by atoms with Crippen molar-refractivity contribution in [2.24, 2.45) is 0 Å². The second-order valence-electron chi connectivity index (χ2n) is 6.45. The molecule has 2 rings (SSSR count). The average Bonchev–Trinajstić information content (AvgIpc) is 2.64. The Morgan fingerprint density at radius 2 is 1.59 bits per heavy atom. The SMILES string of the molecule is CCN(CC(=O)Nc1ccc(OC)cc1)CC(=O)Nc1ccc(C)cc1C. The summed E-state index contributed by atoms with van der Waals surface area (Å²) in [6, 6.07) is 13.0. The fraction of sp³-hybridized carbons (Fsp3) is 0.333. The Hall–Kier alpha value is -2.86. The summed E-state index contributed by atoms with van der Waals surface area (Å²) >= 11 is 0. The molecule has 144 valence electrons. The van der Waals surface area contributed by atoms with Crippen LogP contribution in [-0.4, -0.2) is 43.5 Å². The van der Waals surface area contributed by atoms with Gasteiger partial charge in [-0.05, 0) is 56.3 Å². The molecule has 0 bridgehead atoms. The van der Waals surface area contributed by atoms with Crippen LogP contribution in [0.25, 0.3) is 0 Å². The average molecular weight is 369 g/mol. The Bertz CT molecular complexity index is 788. The van der Waals surface area contributed by atoms with E-state index in [0.29, 0.717) is 12.2 Å². The second-order valence-corrected chi connectivity index (χ2v) is 6.45. The summed E-state index contributed by atoms with van der Waals surface area (Å²) < 4.78 is 5.10. The topological polar surface area (TPSA) is 70.7 Å². The first-order valence-electron chi connectivity index (χ1n) is 8.94. The Morgan fingerprint density at radius 1 is 0.963 bits per heavy atom. The van der Waals surface area contributed by atoms with Gasteiger partial charge in [-0.25, -0.2) is 0 Å². The summed E-state index contributed by atoms with van der Waals surface area (Å²) in [4.78, 5) is 26.4. The third-order valence-electron chi connectivity index (χ3n) is 4.21. The van der Waals surface area contributed by atoms with Crippen molar-refractivity contribution in [1.29, 1.82) is 0 Å². The van der Waals surface area contributed by atoms with Crippen LogP contribution in [0.3, 0.4) is 0 Å². The van der Waals surface area contributed by atoms with Gasteiger partial charge in [0.1, 0.15) is 5.75 Å². The van der Waals surface area contributed by atoms with Crippen LogP contribution in [0.4, 0.5) is 11.4 Å². The Morgan fingerprint density at radius 3 is 2.15 bits per heavy atom. The maximum Gasteiger partial charge on any atom is 0.238 e. The highest BCUT2D eigenvalue weighted by molar-refractivity contribution is 5.95. The number of carbonyl (C=O) groups excluding carboxylic acids is 2. The first kappa shape index (κ1) is 20.5. The Balaban J connectivity index is 1.87. The number of nitrogens with zero attached hydrogens (tertiary/aromatic N) is 1. The molecule has 0 saturated heterocycles. The molecule has 0 aliphatic heterocycles. The van der Waals surface area contributed by atoms with Gasteiger partial charge in [0, 0.05) is 11.4 Å². The summed E-state index contributed by atoms with van der Waals surface area (Å²) in [6.07, 6.45) is 0. The van der Waals surface area contributed by atoms with Gasteiger partial charge < -0.3 is 15.4 Å². The van der Waals surface area contributed by atoms with Crippen molar-refractivity contribution in [3.05, 3.63) is 53.6 Å². The van der Waals surface area contributed by atoms with Crippen LogP contribution in [0.15, 0.2) is 42.5 Å². The van der Waals surface area contributed by atoms with Crippen LogP contribution in [0.2, 0.25) is 0 Å². The number of carbonyl (C=O) groups is 2. The number of hydrogen-bond donors (Lipinski definition) is 2. The molecular weight excluding hydrogens is 342 g/mol. The molecule has 0 aliphatic rings. The molecule has 0 unspecified atom stereocenters. The van der Waals surface area contributed by atoms with Crippen LogP contribution in [-0.2, 0) is 9.59 Å². The normalized spacial score (nSPS) is 10.6. The van der Waals surface area contributed by atoms with Gasteiger partial charge in [0.2, 0.25) is 11.8 Å². The monoisotopic (exact) mass is 369 g/mol. The van der Waals surface area contributed by atoms with Gasteiger partial charge in [-0.2, -0.15) is 0 Å². The smallest absolute Gasteiger partial charge is 0.238 e. The molecule has 0 heterocycles. The van der Waals surface area contributed by atoms with Crippen LogP contribution in [0, 0.1) is 13.8 Å². The number of methoxy groups -OCH3 is 1. The van der Waals surface area contributed by atoms with Crippen LogP contribution >= 0.6 is 0 Å². The first-order chi connectivity index (χ1) is 12.9. The molecule has 2 amide bonds. The second kappa shape index (κ2) is 9.73. The zero-order chi connectivity index (χ0) is 19.8. The van der Waals surface area contributed by atoms with E-state index in [0.717, 1.165) is 22.6 Å². The fourth-order valence-electron chi connectivity index (χ4n) is 2.70. The standard InChI is InChI=1S/C21H27N3O3/c1-5-24(13-20(25)22-17-7-9-18(27-4)10-8-17)14-21(26)23-19-11-6-15(2)12-16(19)3/h6-12H,5,13-14H2,1-4H3,(H,22,25)(H,23,26). The molecule has 0 spiro atoms. The highest BCUT2D eigenvalue weighted by Crippen LogP contribution is 2.16. The first-order valence-corrected chi connectivity index (χ1v) is 8.94. The largest absolute Gasteiger partial charge is 0.497 e. The molecule has 6 nitrogen and oxygen atoms in total. The van der Waals surface area contributed by atoms with Crippen LogP contribution < -0.4 is 15.4 Å². The van der Waals surface area contributed by atoms with Crippen molar-refractivity contribution in [2.45, 2.75) is 20.8 Å². The Labute approximate surface area is 160 Å². The molecule has 0 saturated carbocycles. The van der Waals surface area contributed by atoms with Gasteiger partial charge in [-0.15, -0.1) is 0 Å². The number of anilines is 2. The van der Waals surface area contributed by atoms with E-state index in [-0.39, 0.29) is 24.9 Å². The molecule has 0 radical (unpaired) electrons. The van der Waals surface area contributed by atoms with Crippen molar-refractivity contribution in [2.75, 3.05) is 37.4 Å². The van der Waals surface area contributed by atoms with Gasteiger partial charge in [0.05, 0.1) is 20.2 Å². The number of likely N-dealkylation sites (N-methyl/N-ethyl adjacent to an activating group) is 1. The van der Waals surface area contributed by atoms with E-state index in [9.17, 15) is 9.59 Å². The van der Waals surface area contributed by atoms with Gasteiger partial charge in [0.15, 0.2) is 0 Å². The van der Waals surface area contributed by atoms with E-state index < -0.39 is 0 Å². The van der Waals surface area contributed by atoms with E-state index in [4.69, 9.17) is 4.74 Å². The lowest BCUT2D eigenvalue weighted by molar-refractivity contribution is -0.119. The summed E-state index contributed by atoms with van der Waals surface area (Å²) in [5, 5.41) is 5.74. The lowest BCUT2D eigenvalue weighted by Crippen LogP contribution is -2.38. The van der Waals surface area contributed by atoms with Crippen molar-refractivity contribution < 1.29 is 14.3 Å². The van der Waals surface area contributed by atoms with Gasteiger partial charge in [0.25, 0.3) is 0 Å². The predicted octanol–water partition coefficient (Wildman–Crippen LogP) is 3.21. The highest BCUT2D eigenvalue weighted by atomic mass is 16.5. The third-order valence-corrected chi connectivity index (χ3v) is 4.21. The molecular formula is C21H27N3O3. The predicted molar refractivity (Wildman–Crippen MR) is 108 cm³/mol. The molecule has 2 N–H and O–H groups in total. The number of benzene rings is 2. The maximum atomic E-state index is 12.3. The lowest BCUT2D eigenvalue weighted by atomic mass is 10.1. The highest BCUT2D eigenvalue weighted by Gasteiger charge is 2.14. The quantitative estimate of drug-likeness (QED) is 0.750. The number of nitrogens with one attached hydrogen (secondary N) is 2. The minimum atomic E-state index is -0.165. The number of aryl methyl sites for hydroxylation is 2.